The molecule has 0 aliphatic heterocycles. The molecule has 0 amide bonds. The number of nitrogens with two attached hydrogens (primary N) is 1. The van der Waals surface area contributed by atoms with Crippen molar-refractivity contribution in [1.82, 2.24) is 0 Å². The van der Waals surface area contributed by atoms with Gasteiger partial charge in [-0.05, 0) is 50.2 Å². The van der Waals surface area contributed by atoms with Crippen LogP contribution < -0.4 is 19.9 Å². The quantitative estimate of drug-likeness (QED) is 0.812. The molecule has 0 spiro atoms. The first-order valence-electron chi connectivity index (χ1n) is 6.66. The maximum atomic E-state index is 5.83. The summed E-state index contributed by atoms with van der Waals surface area (Å²) in [5.74, 6) is 2.88. The number of benzene rings is 2. The predicted octanol–water partition coefficient (Wildman–Crippen LogP) is 3.86. The minimum atomic E-state index is 0.566. The number of nitrogen functional groups attached to an aromatic ring is 1. The van der Waals surface area contributed by atoms with E-state index in [1.165, 1.54) is 0 Å². The summed E-state index contributed by atoms with van der Waals surface area (Å²) in [6.07, 6.45) is 0. The molecule has 0 aromatic heterocycles. The zero-order valence-electron chi connectivity index (χ0n) is 11.8. The van der Waals surface area contributed by atoms with Gasteiger partial charge in [0.05, 0.1) is 18.9 Å². The fraction of sp³-hybridized carbons (Fsp3) is 0.250. The Morgan fingerprint density at radius 2 is 1.40 bits per heavy atom. The van der Waals surface area contributed by atoms with Crippen LogP contribution in [-0.2, 0) is 0 Å². The summed E-state index contributed by atoms with van der Waals surface area (Å²) in [5, 5.41) is 0. The summed E-state index contributed by atoms with van der Waals surface area (Å²) in [5.41, 5.74) is 6.43. The fourth-order valence-corrected chi connectivity index (χ4v) is 1.77. The second kappa shape index (κ2) is 6.70. The van der Waals surface area contributed by atoms with E-state index in [-0.39, 0.29) is 0 Å². The van der Waals surface area contributed by atoms with E-state index in [1.807, 2.05) is 44.2 Å². The molecule has 0 aliphatic carbocycles. The highest BCUT2D eigenvalue weighted by Crippen LogP contribution is 2.30. The van der Waals surface area contributed by atoms with Crippen molar-refractivity contribution in [2.24, 2.45) is 0 Å². The molecule has 0 bridgehead atoms. The SMILES string of the molecule is CCOc1ccc(Oc2ccc(N)c(OCC)c2)cc1. The molecule has 0 saturated heterocycles. The first kappa shape index (κ1) is 14.1. The molecule has 2 N–H and O–H groups in total. The topological polar surface area (TPSA) is 53.7 Å². The van der Waals surface area contributed by atoms with Crippen LogP contribution in [0.4, 0.5) is 5.69 Å². The second-order valence-electron chi connectivity index (χ2n) is 4.14. The molecule has 4 nitrogen and oxygen atoms in total. The third-order valence-electron chi connectivity index (χ3n) is 2.66. The number of hydrogen-bond acceptors (Lipinski definition) is 4. The van der Waals surface area contributed by atoms with E-state index in [0.29, 0.717) is 30.4 Å². The van der Waals surface area contributed by atoms with Gasteiger partial charge in [-0.3, -0.25) is 0 Å². The third-order valence-corrected chi connectivity index (χ3v) is 2.66. The molecule has 106 valence electrons. The highest BCUT2D eigenvalue weighted by Gasteiger charge is 2.04. The molecule has 20 heavy (non-hydrogen) atoms. The number of anilines is 1. The Hall–Kier alpha value is -2.36. The fourth-order valence-electron chi connectivity index (χ4n) is 1.77. The zero-order valence-corrected chi connectivity index (χ0v) is 11.8. The Kier molecular flexibility index (Phi) is 4.71. The molecule has 0 saturated carbocycles. The summed E-state index contributed by atoms with van der Waals surface area (Å²) in [6.45, 7) is 5.08. The molecule has 2 aromatic carbocycles. The summed E-state index contributed by atoms with van der Waals surface area (Å²) < 4.78 is 16.6. The molecular weight excluding hydrogens is 254 g/mol. The van der Waals surface area contributed by atoms with E-state index in [9.17, 15) is 0 Å². The Balaban J connectivity index is 2.11. The Labute approximate surface area is 119 Å². The van der Waals surface area contributed by atoms with Gasteiger partial charge in [0.25, 0.3) is 0 Å². The normalized spacial score (nSPS) is 10.1. The van der Waals surface area contributed by atoms with Gasteiger partial charge in [-0.15, -0.1) is 0 Å². The van der Waals surface area contributed by atoms with Gasteiger partial charge in [0.1, 0.15) is 23.0 Å². The van der Waals surface area contributed by atoms with Gasteiger partial charge in [0, 0.05) is 6.07 Å². The van der Waals surface area contributed by atoms with E-state index < -0.39 is 0 Å². The maximum absolute atomic E-state index is 5.83. The average Bonchev–Trinajstić information content (AvgIpc) is 2.45. The van der Waals surface area contributed by atoms with Crippen LogP contribution in [0.2, 0.25) is 0 Å². The summed E-state index contributed by atoms with van der Waals surface area (Å²) in [4.78, 5) is 0. The Morgan fingerprint density at radius 3 is 2.05 bits per heavy atom. The lowest BCUT2D eigenvalue weighted by atomic mass is 10.2. The molecule has 4 heteroatoms. The zero-order chi connectivity index (χ0) is 14.4. The lowest BCUT2D eigenvalue weighted by Crippen LogP contribution is -1.97. The molecule has 0 atom stereocenters. The van der Waals surface area contributed by atoms with Gasteiger partial charge in [-0.25, -0.2) is 0 Å². The van der Waals surface area contributed by atoms with E-state index in [2.05, 4.69) is 0 Å². The average molecular weight is 273 g/mol. The molecule has 0 fully saturated rings. The summed E-state index contributed by atoms with van der Waals surface area (Å²) in [7, 11) is 0. The minimum absolute atomic E-state index is 0.566. The monoisotopic (exact) mass is 273 g/mol. The van der Waals surface area contributed by atoms with Crippen molar-refractivity contribution in [1.29, 1.82) is 0 Å². The van der Waals surface area contributed by atoms with Crippen molar-refractivity contribution in [3.63, 3.8) is 0 Å². The largest absolute Gasteiger partial charge is 0.494 e. The standard InChI is InChI=1S/C16H19NO3/c1-3-18-12-5-7-13(8-6-12)20-14-9-10-15(17)16(11-14)19-4-2/h5-11H,3-4,17H2,1-2H3. The summed E-state index contributed by atoms with van der Waals surface area (Å²) >= 11 is 0. The highest BCUT2D eigenvalue weighted by molar-refractivity contribution is 5.56. The first-order chi connectivity index (χ1) is 9.72. The van der Waals surface area contributed by atoms with Crippen LogP contribution in [0.25, 0.3) is 0 Å². The number of hydrogen-bond donors (Lipinski definition) is 1. The Bertz CT molecular complexity index is 552. The van der Waals surface area contributed by atoms with Crippen LogP contribution in [0, 0.1) is 0 Å². The molecular formula is C16H19NO3. The van der Waals surface area contributed by atoms with Crippen LogP contribution in [0.15, 0.2) is 42.5 Å². The lowest BCUT2D eigenvalue weighted by Gasteiger charge is -2.11. The van der Waals surface area contributed by atoms with Gasteiger partial charge in [0.15, 0.2) is 0 Å². The minimum Gasteiger partial charge on any atom is -0.494 e. The van der Waals surface area contributed by atoms with Crippen molar-refractivity contribution < 1.29 is 14.2 Å². The van der Waals surface area contributed by atoms with Gasteiger partial charge in [0.2, 0.25) is 0 Å². The van der Waals surface area contributed by atoms with E-state index in [0.717, 1.165) is 11.5 Å². The van der Waals surface area contributed by atoms with Crippen molar-refractivity contribution in [3.8, 4) is 23.0 Å². The van der Waals surface area contributed by atoms with Crippen molar-refractivity contribution >= 4 is 5.69 Å². The Morgan fingerprint density at radius 1 is 0.800 bits per heavy atom. The van der Waals surface area contributed by atoms with Gasteiger partial charge < -0.3 is 19.9 Å². The third kappa shape index (κ3) is 3.57. The van der Waals surface area contributed by atoms with Crippen LogP contribution in [0.3, 0.4) is 0 Å². The van der Waals surface area contributed by atoms with Crippen LogP contribution in [0.5, 0.6) is 23.0 Å². The van der Waals surface area contributed by atoms with Crippen molar-refractivity contribution in [2.75, 3.05) is 18.9 Å². The predicted molar refractivity (Wildman–Crippen MR) is 79.7 cm³/mol. The van der Waals surface area contributed by atoms with Crippen LogP contribution >= 0.6 is 0 Å². The molecule has 2 rings (SSSR count). The molecule has 0 aliphatic rings. The molecule has 0 radical (unpaired) electrons. The van der Waals surface area contributed by atoms with E-state index >= 15 is 0 Å². The highest BCUT2D eigenvalue weighted by atomic mass is 16.5. The number of rotatable bonds is 6. The second-order valence-corrected chi connectivity index (χ2v) is 4.14. The molecule has 2 aromatic rings. The van der Waals surface area contributed by atoms with Crippen molar-refractivity contribution in [3.05, 3.63) is 42.5 Å². The molecule has 0 unspecified atom stereocenters. The van der Waals surface area contributed by atoms with E-state index in [1.54, 1.807) is 12.1 Å². The lowest BCUT2D eigenvalue weighted by molar-refractivity contribution is 0.338. The number of ether oxygens (including phenoxy) is 3. The van der Waals surface area contributed by atoms with Gasteiger partial charge >= 0.3 is 0 Å². The smallest absolute Gasteiger partial charge is 0.145 e. The van der Waals surface area contributed by atoms with Crippen molar-refractivity contribution in [2.45, 2.75) is 13.8 Å². The molecule has 0 heterocycles. The van der Waals surface area contributed by atoms with Gasteiger partial charge in [-0.1, -0.05) is 0 Å². The summed E-state index contributed by atoms with van der Waals surface area (Å²) in [6, 6.07) is 12.8. The maximum Gasteiger partial charge on any atom is 0.145 e. The van der Waals surface area contributed by atoms with E-state index in [4.69, 9.17) is 19.9 Å². The first-order valence-corrected chi connectivity index (χ1v) is 6.66. The van der Waals surface area contributed by atoms with Crippen LogP contribution in [0.1, 0.15) is 13.8 Å². The van der Waals surface area contributed by atoms with Gasteiger partial charge in [-0.2, -0.15) is 0 Å². The van der Waals surface area contributed by atoms with Crippen LogP contribution in [-0.4, -0.2) is 13.2 Å².